The van der Waals surface area contributed by atoms with Crippen molar-refractivity contribution in [2.45, 2.75) is 12.7 Å². The second kappa shape index (κ2) is 4.99. The minimum absolute atomic E-state index is 0.106. The summed E-state index contributed by atoms with van der Waals surface area (Å²) < 4.78 is 0. The molecule has 0 radical (unpaired) electrons. The number of phenolic OH excluding ortho intramolecular Hbond substituents is 1. The number of aliphatic hydroxyl groups is 2. The van der Waals surface area contributed by atoms with Crippen molar-refractivity contribution >= 4 is 0 Å². The zero-order valence-electron chi connectivity index (χ0n) is 9.24. The molecule has 2 rings (SSSR count). The molecule has 17 heavy (non-hydrogen) atoms. The van der Waals surface area contributed by atoms with E-state index in [1.165, 1.54) is 12.1 Å². The fraction of sp³-hybridized carbons (Fsp3) is 0.143. The molecule has 2 aromatic carbocycles. The van der Waals surface area contributed by atoms with Gasteiger partial charge in [0.15, 0.2) is 0 Å². The summed E-state index contributed by atoms with van der Waals surface area (Å²) in [5, 5.41) is 28.6. The Bertz CT molecular complexity index is 491. The molecule has 0 aliphatic carbocycles. The number of hydrogen-bond donors (Lipinski definition) is 3. The molecule has 0 spiro atoms. The molecule has 1 atom stereocenters. The van der Waals surface area contributed by atoms with Gasteiger partial charge in [0, 0.05) is 0 Å². The van der Waals surface area contributed by atoms with Crippen molar-refractivity contribution in [3.05, 3.63) is 65.2 Å². The van der Waals surface area contributed by atoms with Gasteiger partial charge in [-0.3, -0.25) is 0 Å². The number of hydrogen-bond acceptors (Lipinski definition) is 3. The number of rotatable bonds is 3. The molecule has 0 aliphatic heterocycles. The van der Waals surface area contributed by atoms with Gasteiger partial charge in [-0.05, 0) is 28.8 Å². The molecule has 0 aliphatic rings. The number of aromatic hydroxyl groups is 1. The third-order valence-corrected chi connectivity index (χ3v) is 2.73. The summed E-state index contributed by atoms with van der Waals surface area (Å²) in [5.74, 6) is 0.163. The molecule has 0 saturated carbocycles. The van der Waals surface area contributed by atoms with Crippen molar-refractivity contribution in [1.82, 2.24) is 0 Å². The van der Waals surface area contributed by atoms with Crippen LogP contribution in [0.15, 0.2) is 48.5 Å². The molecule has 0 saturated heterocycles. The van der Waals surface area contributed by atoms with Crippen LogP contribution in [-0.4, -0.2) is 15.3 Å². The number of aliphatic hydroxyl groups excluding tert-OH is 2. The lowest BCUT2D eigenvalue weighted by atomic mass is 9.97. The quantitative estimate of drug-likeness (QED) is 0.755. The first-order valence-electron chi connectivity index (χ1n) is 5.38. The summed E-state index contributed by atoms with van der Waals surface area (Å²) in [4.78, 5) is 0. The zero-order chi connectivity index (χ0) is 12.3. The molecule has 0 bridgehead atoms. The smallest absolute Gasteiger partial charge is 0.115 e. The van der Waals surface area contributed by atoms with Gasteiger partial charge in [-0.25, -0.2) is 0 Å². The van der Waals surface area contributed by atoms with Crippen molar-refractivity contribution in [3.8, 4) is 5.75 Å². The highest BCUT2D eigenvalue weighted by Gasteiger charge is 2.13. The van der Waals surface area contributed by atoms with Crippen molar-refractivity contribution < 1.29 is 15.3 Å². The van der Waals surface area contributed by atoms with Gasteiger partial charge in [-0.2, -0.15) is 0 Å². The first kappa shape index (κ1) is 11.6. The maximum Gasteiger partial charge on any atom is 0.115 e. The second-order valence-corrected chi connectivity index (χ2v) is 3.85. The lowest BCUT2D eigenvalue weighted by Gasteiger charge is -2.14. The largest absolute Gasteiger partial charge is 0.508 e. The van der Waals surface area contributed by atoms with Crippen LogP contribution in [0.4, 0.5) is 0 Å². The maximum absolute atomic E-state index is 10.2. The van der Waals surface area contributed by atoms with Crippen LogP contribution in [0.25, 0.3) is 0 Å². The van der Waals surface area contributed by atoms with E-state index in [2.05, 4.69) is 0 Å². The maximum atomic E-state index is 10.2. The van der Waals surface area contributed by atoms with Gasteiger partial charge >= 0.3 is 0 Å². The molecular formula is C14H14O3. The van der Waals surface area contributed by atoms with E-state index < -0.39 is 6.10 Å². The lowest BCUT2D eigenvalue weighted by molar-refractivity contribution is 0.213. The summed E-state index contributed by atoms with van der Waals surface area (Å²) in [6, 6.07) is 13.6. The van der Waals surface area contributed by atoms with E-state index in [1.807, 2.05) is 12.1 Å². The third kappa shape index (κ3) is 2.46. The van der Waals surface area contributed by atoms with E-state index in [4.69, 9.17) is 0 Å². The Labute approximate surface area is 99.6 Å². The average Bonchev–Trinajstić information content (AvgIpc) is 2.39. The number of phenols is 1. The van der Waals surface area contributed by atoms with Crippen molar-refractivity contribution in [3.63, 3.8) is 0 Å². The van der Waals surface area contributed by atoms with Gasteiger partial charge in [0.25, 0.3) is 0 Å². The summed E-state index contributed by atoms with van der Waals surface area (Å²) in [7, 11) is 0. The second-order valence-electron chi connectivity index (χ2n) is 3.85. The minimum Gasteiger partial charge on any atom is -0.508 e. The van der Waals surface area contributed by atoms with Gasteiger partial charge in [-0.1, -0.05) is 36.4 Å². The van der Waals surface area contributed by atoms with Gasteiger partial charge in [0.05, 0.1) is 6.61 Å². The summed E-state index contributed by atoms with van der Waals surface area (Å²) in [6.45, 7) is -0.106. The average molecular weight is 230 g/mol. The van der Waals surface area contributed by atoms with Crippen LogP contribution >= 0.6 is 0 Å². The van der Waals surface area contributed by atoms with E-state index in [9.17, 15) is 15.3 Å². The first-order chi connectivity index (χ1) is 8.22. The van der Waals surface area contributed by atoms with Crippen LogP contribution in [0.2, 0.25) is 0 Å². The predicted molar refractivity (Wildman–Crippen MR) is 64.5 cm³/mol. The number of benzene rings is 2. The van der Waals surface area contributed by atoms with Crippen molar-refractivity contribution in [2.75, 3.05) is 0 Å². The normalized spacial score (nSPS) is 12.4. The standard InChI is InChI=1S/C14H14O3/c15-9-11-3-1-2-4-13(11)14(17)10-5-7-12(16)8-6-10/h1-8,14-17H,9H2. The molecular weight excluding hydrogens is 216 g/mol. The topological polar surface area (TPSA) is 60.7 Å². The van der Waals surface area contributed by atoms with E-state index in [0.717, 1.165) is 0 Å². The Balaban J connectivity index is 2.36. The van der Waals surface area contributed by atoms with Crippen LogP contribution in [-0.2, 0) is 6.61 Å². The van der Waals surface area contributed by atoms with E-state index in [-0.39, 0.29) is 12.4 Å². The Morgan fingerprint density at radius 3 is 2.24 bits per heavy atom. The Kier molecular flexibility index (Phi) is 3.42. The molecule has 1 unspecified atom stereocenters. The van der Waals surface area contributed by atoms with E-state index in [1.54, 1.807) is 24.3 Å². The molecule has 0 aromatic heterocycles. The highest BCUT2D eigenvalue weighted by Crippen LogP contribution is 2.26. The van der Waals surface area contributed by atoms with Gasteiger partial charge in [0.1, 0.15) is 11.9 Å². The SMILES string of the molecule is OCc1ccccc1C(O)c1ccc(O)cc1. The molecule has 0 amide bonds. The van der Waals surface area contributed by atoms with Crippen LogP contribution in [0.5, 0.6) is 5.75 Å². The Hall–Kier alpha value is -1.84. The minimum atomic E-state index is -0.793. The van der Waals surface area contributed by atoms with Gasteiger partial charge in [-0.15, -0.1) is 0 Å². The Morgan fingerprint density at radius 1 is 0.941 bits per heavy atom. The van der Waals surface area contributed by atoms with Gasteiger partial charge in [0.2, 0.25) is 0 Å². The third-order valence-electron chi connectivity index (χ3n) is 2.73. The van der Waals surface area contributed by atoms with Crippen molar-refractivity contribution in [1.29, 1.82) is 0 Å². The molecule has 3 N–H and O–H groups in total. The molecule has 88 valence electrons. The summed E-state index contributed by atoms with van der Waals surface area (Å²) in [6.07, 6.45) is -0.793. The highest BCUT2D eigenvalue weighted by atomic mass is 16.3. The molecule has 0 fully saturated rings. The molecule has 2 aromatic rings. The molecule has 0 heterocycles. The molecule has 3 heteroatoms. The van der Waals surface area contributed by atoms with Gasteiger partial charge < -0.3 is 15.3 Å². The fourth-order valence-electron chi connectivity index (χ4n) is 1.78. The van der Waals surface area contributed by atoms with Crippen LogP contribution in [0.3, 0.4) is 0 Å². The fourth-order valence-corrected chi connectivity index (χ4v) is 1.78. The van der Waals surface area contributed by atoms with E-state index in [0.29, 0.717) is 16.7 Å². The monoisotopic (exact) mass is 230 g/mol. The predicted octanol–water partition coefficient (Wildman–Crippen LogP) is 1.97. The zero-order valence-corrected chi connectivity index (χ0v) is 9.24. The van der Waals surface area contributed by atoms with Crippen LogP contribution in [0, 0.1) is 0 Å². The summed E-state index contributed by atoms with van der Waals surface area (Å²) >= 11 is 0. The molecule has 3 nitrogen and oxygen atoms in total. The summed E-state index contributed by atoms with van der Waals surface area (Å²) in [5.41, 5.74) is 2.07. The first-order valence-corrected chi connectivity index (χ1v) is 5.38. The van der Waals surface area contributed by atoms with Crippen molar-refractivity contribution in [2.24, 2.45) is 0 Å². The van der Waals surface area contributed by atoms with E-state index >= 15 is 0 Å². The highest BCUT2D eigenvalue weighted by molar-refractivity contribution is 5.37. The van der Waals surface area contributed by atoms with Crippen LogP contribution < -0.4 is 0 Å². The van der Waals surface area contributed by atoms with Crippen LogP contribution in [0.1, 0.15) is 22.8 Å². The lowest BCUT2D eigenvalue weighted by Crippen LogP contribution is -2.03. The Morgan fingerprint density at radius 2 is 1.59 bits per heavy atom.